The van der Waals surface area contributed by atoms with E-state index in [1.165, 1.54) is 0 Å². The molecular weight excluding hydrogens is 408 g/mol. The number of hydrogen-bond donors (Lipinski definition) is 1. The van der Waals surface area contributed by atoms with Crippen LogP contribution >= 0.6 is 0 Å². The first-order valence-corrected chi connectivity index (χ1v) is 10.9. The Labute approximate surface area is 187 Å². The molecule has 0 aliphatic carbocycles. The van der Waals surface area contributed by atoms with Crippen molar-refractivity contribution in [2.24, 2.45) is 0 Å². The summed E-state index contributed by atoms with van der Waals surface area (Å²) in [5, 5.41) is 3.85. The minimum Gasteiger partial charge on any atom is -0.496 e. The number of hydrogen-bond acceptors (Lipinski definition) is 5. The average molecular weight is 437 g/mol. The van der Waals surface area contributed by atoms with Crippen LogP contribution in [0.15, 0.2) is 36.4 Å². The zero-order valence-electron chi connectivity index (χ0n) is 18.7. The van der Waals surface area contributed by atoms with Gasteiger partial charge < -0.3 is 24.1 Å². The highest BCUT2D eigenvalue weighted by atomic mass is 16.5. The number of ketones is 1. The number of nitrogens with zero attached hydrogens (tertiary/aromatic N) is 1. The predicted molar refractivity (Wildman–Crippen MR) is 122 cm³/mol. The predicted octanol–water partition coefficient (Wildman–Crippen LogP) is 4.03. The van der Waals surface area contributed by atoms with Gasteiger partial charge in [-0.2, -0.15) is 0 Å². The number of nitrogens with one attached hydrogen (secondary N) is 1. The molecule has 1 aliphatic heterocycles. The Kier molecular flexibility index (Phi) is 6.35. The number of para-hydroxylation sites is 1. The molecule has 32 heavy (non-hydrogen) atoms. The smallest absolute Gasteiger partial charge is 0.240 e. The number of benzene rings is 2. The summed E-state index contributed by atoms with van der Waals surface area (Å²) in [7, 11) is 1.59. The summed E-state index contributed by atoms with van der Waals surface area (Å²) in [5.74, 6) is 1.86. The van der Waals surface area contributed by atoms with Gasteiger partial charge >= 0.3 is 0 Å². The first kappa shape index (κ1) is 21.7. The van der Waals surface area contributed by atoms with Crippen molar-refractivity contribution in [2.75, 3.05) is 20.3 Å². The number of amides is 1. The molecule has 1 aromatic heterocycles. The Morgan fingerprint density at radius 2 is 1.84 bits per heavy atom. The van der Waals surface area contributed by atoms with Gasteiger partial charge in [-0.05, 0) is 19.1 Å². The maximum Gasteiger partial charge on any atom is 0.240 e. The summed E-state index contributed by atoms with van der Waals surface area (Å²) in [6.07, 6.45) is 1.24. The maximum atomic E-state index is 12.9. The van der Waals surface area contributed by atoms with Crippen LogP contribution in [-0.4, -0.2) is 36.6 Å². The summed E-state index contributed by atoms with van der Waals surface area (Å²) in [6, 6.07) is 11.4. The number of carbonyl (C=O) groups is 2. The minimum absolute atomic E-state index is 0.0785. The fourth-order valence-corrected chi connectivity index (χ4v) is 4.12. The van der Waals surface area contributed by atoms with Crippen molar-refractivity contribution in [1.82, 2.24) is 9.88 Å². The molecule has 1 amide bonds. The maximum absolute atomic E-state index is 12.9. The van der Waals surface area contributed by atoms with Crippen LogP contribution in [0.25, 0.3) is 10.9 Å². The van der Waals surface area contributed by atoms with Gasteiger partial charge in [0, 0.05) is 53.2 Å². The molecule has 168 valence electrons. The fourth-order valence-electron chi connectivity index (χ4n) is 4.12. The highest BCUT2D eigenvalue weighted by molar-refractivity contribution is 6.09. The molecule has 3 aromatic rings. The average Bonchev–Trinajstić information content (AvgIpc) is 2.94. The van der Waals surface area contributed by atoms with Gasteiger partial charge in [0.2, 0.25) is 5.91 Å². The molecule has 7 heteroatoms. The SMILES string of the molecule is CCC(=O)c1c(C)n(CC(=O)NCc2cc3c(cc2OC)OCCCO3)c2ccccc12. The molecule has 0 radical (unpaired) electrons. The number of carbonyl (C=O) groups excluding carboxylic acids is 2. The standard InChI is InChI=1S/C25H28N2O5/c1-4-20(28)25-16(2)27(19-9-6-5-8-18(19)25)15-24(29)26-14-17-12-22-23(13-21(17)30-3)32-11-7-10-31-22/h5-6,8-9,12-13H,4,7,10-11,14-15H2,1-3H3,(H,26,29). The Morgan fingerprint density at radius 1 is 1.12 bits per heavy atom. The molecule has 1 N–H and O–H groups in total. The van der Waals surface area contributed by atoms with Gasteiger partial charge in [-0.1, -0.05) is 25.1 Å². The van der Waals surface area contributed by atoms with Gasteiger partial charge in [-0.3, -0.25) is 9.59 Å². The molecular formula is C25H28N2O5. The van der Waals surface area contributed by atoms with Crippen molar-refractivity contribution in [3.05, 3.63) is 53.2 Å². The van der Waals surface area contributed by atoms with E-state index in [1.54, 1.807) is 13.2 Å². The van der Waals surface area contributed by atoms with Gasteiger partial charge in [0.05, 0.1) is 20.3 Å². The van der Waals surface area contributed by atoms with Crippen LogP contribution in [0.3, 0.4) is 0 Å². The largest absolute Gasteiger partial charge is 0.496 e. The van der Waals surface area contributed by atoms with E-state index >= 15 is 0 Å². The van der Waals surface area contributed by atoms with E-state index in [9.17, 15) is 9.59 Å². The van der Waals surface area contributed by atoms with Crippen LogP contribution < -0.4 is 19.5 Å². The third kappa shape index (κ3) is 4.15. The monoisotopic (exact) mass is 436 g/mol. The summed E-state index contributed by atoms with van der Waals surface area (Å²) >= 11 is 0. The molecule has 0 saturated heterocycles. The van der Waals surface area contributed by atoms with E-state index in [2.05, 4.69) is 5.32 Å². The number of rotatable bonds is 7. The second-order valence-corrected chi connectivity index (χ2v) is 7.78. The first-order valence-electron chi connectivity index (χ1n) is 10.9. The molecule has 0 saturated carbocycles. The molecule has 0 bridgehead atoms. The quantitative estimate of drug-likeness (QED) is 0.566. The Balaban J connectivity index is 1.54. The van der Waals surface area contributed by atoms with Crippen molar-refractivity contribution in [3.8, 4) is 17.2 Å². The van der Waals surface area contributed by atoms with Crippen LogP contribution in [0.5, 0.6) is 17.2 Å². The molecule has 0 spiro atoms. The molecule has 7 nitrogen and oxygen atoms in total. The second kappa shape index (κ2) is 9.34. The summed E-state index contributed by atoms with van der Waals surface area (Å²) in [4.78, 5) is 25.4. The van der Waals surface area contributed by atoms with Gasteiger partial charge in [0.15, 0.2) is 17.3 Å². The number of fused-ring (bicyclic) bond motifs is 2. The highest BCUT2D eigenvalue weighted by Gasteiger charge is 2.20. The van der Waals surface area contributed by atoms with Crippen molar-refractivity contribution in [2.45, 2.75) is 39.8 Å². The lowest BCUT2D eigenvalue weighted by Crippen LogP contribution is -2.27. The van der Waals surface area contributed by atoms with E-state index in [1.807, 2.05) is 48.7 Å². The minimum atomic E-state index is -0.154. The molecule has 2 aromatic carbocycles. The highest BCUT2D eigenvalue weighted by Crippen LogP contribution is 2.36. The molecule has 0 unspecified atom stereocenters. The van der Waals surface area contributed by atoms with Crippen molar-refractivity contribution in [3.63, 3.8) is 0 Å². The third-order valence-electron chi connectivity index (χ3n) is 5.76. The Hall–Kier alpha value is -3.48. The number of methoxy groups -OCH3 is 1. The van der Waals surface area contributed by atoms with Crippen LogP contribution in [0, 0.1) is 6.92 Å². The summed E-state index contributed by atoms with van der Waals surface area (Å²) in [5.41, 5.74) is 3.19. The summed E-state index contributed by atoms with van der Waals surface area (Å²) in [6.45, 7) is 5.34. The normalized spacial score (nSPS) is 13.0. The van der Waals surface area contributed by atoms with E-state index in [-0.39, 0.29) is 24.8 Å². The van der Waals surface area contributed by atoms with Crippen LogP contribution in [0.2, 0.25) is 0 Å². The fraction of sp³-hybridized carbons (Fsp3) is 0.360. The lowest BCUT2D eigenvalue weighted by atomic mass is 10.1. The number of aromatic nitrogens is 1. The van der Waals surface area contributed by atoms with Crippen LogP contribution in [0.1, 0.15) is 41.4 Å². The molecule has 4 rings (SSSR count). The topological polar surface area (TPSA) is 78.8 Å². The Morgan fingerprint density at radius 3 is 2.56 bits per heavy atom. The van der Waals surface area contributed by atoms with Crippen molar-refractivity contribution < 1.29 is 23.8 Å². The van der Waals surface area contributed by atoms with Gasteiger partial charge in [0.1, 0.15) is 12.3 Å². The number of Topliss-reactive ketones (excluding diaryl/α,β-unsaturated/α-hetero) is 1. The van der Waals surface area contributed by atoms with Crippen molar-refractivity contribution >= 4 is 22.6 Å². The lowest BCUT2D eigenvalue weighted by molar-refractivity contribution is -0.121. The lowest BCUT2D eigenvalue weighted by Gasteiger charge is -2.15. The van der Waals surface area contributed by atoms with Crippen LogP contribution in [-0.2, 0) is 17.9 Å². The zero-order chi connectivity index (χ0) is 22.7. The van der Waals surface area contributed by atoms with E-state index in [0.717, 1.165) is 28.6 Å². The van der Waals surface area contributed by atoms with E-state index < -0.39 is 0 Å². The van der Waals surface area contributed by atoms with Crippen LogP contribution in [0.4, 0.5) is 0 Å². The third-order valence-corrected chi connectivity index (χ3v) is 5.76. The van der Waals surface area contributed by atoms with E-state index in [0.29, 0.717) is 42.4 Å². The number of ether oxygens (including phenoxy) is 3. The molecule has 0 atom stereocenters. The van der Waals surface area contributed by atoms with E-state index in [4.69, 9.17) is 14.2 Å². The Bertz CT molecular complexity index is 1160. The molecule has 1 aliphatic rings. The zero-order valence-corrected chi connectivity index (χ0v) is 18.7. The first-order chi connectivity index (χ1) is 15.5. The van der Waals surface area contributed by atoms with Gasteiger partial charge in [0.25, 0.3) is 0 Å². The molecule has 0 fully saturated rings. The molecule has 2 heterocycles. The van der Waals surface area contributed by atoms with Crippen molar-refractivity contribution in [1.29, 1.82) is 0 Å². The van der Waals surface area contributed by atoms with Gasteiger partial charge in [-0.15, -0.1) is 0 Å². The summed E-state index contributed by atoms with van der Waals surface area (Å²) < 4.78 is 18.9. The van der Waals surface area contributed by atoms with Gasteiger partial charge in [-0.25, -0.2) is 0 Å². The second-order valence-electron chi connectivity index (χ2n) is 7.78.